The van der Waals surface area contributed by atoms with Crippen LogP contribution in [0.15, 0.2) is 36.4 Å². The van der Waals surface area contributed by atoms with Crippen molar-refractivity contribution >= 4 is 17.3 Å². The van der Waals surface area contributed by atoms with Gasteiger partial charge in [-0.1, -0.05) is 24.3 Å². The lowest BCUT2D eigenvalue weighted by molar-refractivity contribution is -0.116. The summed E-state index contributed by atoms with van der Waals surface area (Å²) < 4.78 is 26.7. The second kappa shape index (κ2) is 4.62. The number of hydrogen-bond acceptors (Lipinski definition) is 2. The number of amides is 1. The molecule has 1 unspecified atom stereocenters. The van der Waals surface area contributed by atoms with Crippen LogP contribution in [0.2, 0.25) is 0 Å². The molecular formula is C16H11F2N3O. The van der Waals surface area contributed by atoms with E-state index in [0.717, 1.165) is 29.0 Å². The van der Waals surface area contributed by atoms with E-state index < -0.39 is 11.6 Å². The van der Waals surface area contributed by atoms with Gasteiger partial charge >= 0.3 is 0 Å². The lowest BCUT2D eigenvalue weighted by Gasteiger charge is -2.24. The molecule has 1 aliphatic carbocycles. The highest BCUT2D eigenvalue weighted by molar-refractivity contribution is 5.96. The van der Waals surface area contributed by atoms with Crippen LogP contribution < -0.4 is 5.32 Å². The number of nitrogens with zero attached hydrogens (tertiary/aromatic N) is 1. The van der Waals surface area contributed by atoms with Gasteiger partial charge in [0.2, 0.25) is 5.91 Å². The number of hydrogen-bond donors (Lipinski definition) is 2. The van der Waals surface area contributed by atoms with Gasteiger partial charge in [-0.05, 0) is 23.3 Å². The van der Waals surface area contributed by atoms with Crippen LogP contribution in [-0.2, 0) is 4.79 Å². The number of aromatic nitrogens is 2. The van der Waals surface area contributed by atoms with E-state index in [2.05, 4.69) is 15.5 Å². The standard InChI is InChI=1S/C16H11F2N3O/c17-11-5-4-9(6-12(11)18)10-7-13(22)19-16-14(10)15(20-21-16)8-2-1-3-8/h1-6,10H,7H2,(H2,19,20,21,22). The molecule has 4 nitrogen and oxygen atoms in total. The third kappa shape index (κ3) is 1.88. The largest absolute Gasteiger partial charge is 0.309 e. The molecular weight excluding hydrogens is 288 g/mol. The predicted molar refractivity (Wildman–Crippen MR) is 77.2 cm³/mol. The van der Waals surface area contributed by atoms with Gasteiger partial charge in [0.25, 0.3) is 0 Å². The Hall–Kier alpha value is -2.76. The molecule has 1 aromatic heterocycles. The van der Waals surface area contributed by atoms with Crippen molar-refractivity contribution in [3.05, 3.63) is 64.9 Å². The minimum absolute atomic E-state index is 0.168. The number of H-pyrrole nitrogens is 1. The molecule has 0 saturated heterocycles. The highest BCUT2D eigenvalue weighted by Crippen LogP contribution is 2.41. The van der Waals surface area contributed by atoms with Crippen LogP contribution in [0.1, 0.15) is 29.2 Å². The van der Waals surface area contributed by atoms with Gasteiger partial charge in [0.05, 0.1) is 5.69 Å². The van der Waals surface area contributed by atoms with Crippen molar-refractivity contribution in [3.63, 3.8) is 0 Å². The van der Waals surface area contributed by atoms with E-state index in [1.807, 2.05) is 18.2 Å². The number of benzene rings is 1. The number of carbonyl (C=O) groups is 1. The molecule has 0 spiro atoms. The van der Waals surface area contributed by atoms with Crippen LogP contribution in [0, 0.1) is 11.6 Å². The quantitative estimate of drug-likeness (QED) is 0.895. The molecule has 2 N–H and O–H groups in total. The summed E-state index contributed by atoms with van der Waals surface area (Å²) >= 11 is 0. The minimum Gasteiger partial charge on any atom is -0.309 e. The Balaban J connectivity index is 1.85. The maximum absolute atomic E-state index is 13.5. The fraction of sp³-hybridized carbons (Fsp3) is 0.125. The monoisotopic (exact) mass is 299 g/mol. The fourth-order valence-electron chi connectivity index (χ4n) is 2.85. The molecule has 1 amide bonds. The van der Waals surface area contributed by atoms with Gasteiger partial charge in [-0.2, -0.15) is 5.10 Å². The molecule has 1 atom stereocenters. The SMILES string of the molecule is O=C1CC(c2ccc(F)c(F)c2)c2c(n[nH]c2C2=CC=C2)N1. The fourth-order valence-corrected chi connectivity index (χ4v) is 2.85. The predicted octanol–water partition coefficient (Wildman–Crippen LogP) is 3.12. The maximum Gasteiger partial charge on any atom is 0.226 e. The van der Waals surface area contributed by atoms with Gasteiger partial charge in [0, 0.05) is 17.9 Å². The zero-order valence-electron chi connectivity index (χ0n) is 11.4. The Morgan fingerprint density at radius 3 is 2.73 bits per heavy atom. The van der Waals surface area contributed by atoms with E-state index in [0.29, 0.717) is 11.4 Å². The summed E-state index contributed by atoms with van der Waals surface area (Å²) in [6.45, 7) is 0. The Kier molecular flexibility index (Phi) is 2.72. The average Bonchev–Trinajstić information content (AvgIpc) is 2.83. The highest BCUT2D eigenvalue weighted by Gasteiger charge is 2.32. The first-order chi connectivity index (χ1) is 10.6. The molecule has 1 aliphatic heterocycles. The molecule has 22 heavy (non-hydrogen) atoms. The number of anilines is 1. The van der Waals surface area contributed by atoms with E-state index in [-0.39, 0.29) is 18.2 Å². The average molecular weight is 299 g/mol. The lowest BCUT2D eigenvalue weighted by atomic mass is 9.83. The first-order valence-electron chi connectivity index (χ1n) is 6.85. The molecule has 2 aromatic rings. The number of fused-ring (bicyclic) bond motifs is 1. The van der Waals surface area contributed by atoms with E-state index in [9.17, 15) is 13.6 Å². The second-order valence-electron chi connectivity index (χ2n) is 5.32. The maximum atomic E-state index is 13.5. The first-order valence-corrected chi connectivity index (χ1v) is 6.85. The Morgan fingerprint density at radius 2 is 2.05 bits per heavy atom. The number of rotatable bonds is 2. The summed E-state index contributed by atoms with van der Waals surface area (Å²) in [6.07, 6.45) is 5.91. The van der Waals surface area contributed by atoms with Gasteiger partial charge in [0.1, 0.15) is 0 Å². The van der Waals surface area contributed by atoms with Gasteiger partial charge in [-0.25, -0.2) is 8.78 Å². The van der Waals surface area contributed by atoms with E-state index >= 15 is 0 Å². The first kappa shape index (κ1) is 12.9. The van der Waals surface area contributed by atoms with Crippen LogP contribution >= 0.6 is 0 Å². The van der Waals surface area contributed by atoms with Crippen molar-refractivity contribution in [2.75, 3.05) is 5.32 Å². The summed E-state index contributed by atoms with van der Waals surface area (Å²) in [7, 11) is 0. The van der Waals surface area contributed by atoms with Crippen molar-refractivity contribution in [1.29, 1.82) is 0 Å². The Bertz CT molecular complexity index is 851. The van der Waals surface area contributed by atoms with Gasteiger partial charge < -0.3 is 5.32 Å². The van der Waals surface area contributed by atoms with Crippen LogP contribution in [-0.4, -0.2) is 16.1 Å². The number of carbonyl (C=O) groups excluding carboxylic acids is 1. The molecule has 4 rings (SSSR count). The summed E-state index contributed by atoms with van der Waals surface area (Å²) in [5, 5.41) is 9.75. The number of halogens is 2. The summed E-state index contributed by atoms with van der Waals surface area (Å²) in [5.41, 5.74) is 3.13. The van der Waals surface area contributed by atoms with Crippen molar-refractivity contribution in [2.45, 2.75) is 12.3 Å². The van der Waals surface area contributed by atoms with Crippen molar-refractivity contribution < 1.29 is 13.6 Å². The molecule has 0 fully saturated rings. The van der Waals surface area contributed by atoms with Crippen LogP contribution in [0.3, 0.4) is 0 Å². The third-order valence-corrected chi connectivity index (χ3v) is 3.99. The van der Waals surface area contributed by atoms with Crippen molar-refractivity contribution in [3.8, 4) is 0 Å². The molecule has 0 bridgehead atoms. The normalized spacial score (nSPS) is 19.3. The summed E-state index contributed by atoms with van der Waals surface area (Å²) in [5.74, 6) is -1.93. The Labute approximate surface area is 124 Å². The molecule has 0 saturated carbocycles. The van der Waals surface area contributed by atoms with Crippen molar-refractivity contribution in [1.82, 2.24) is 10.2 Å². The Morgan fingerprint density at radius 1 is 1.23 bits per heavy atom. The van der Waals surface area contributed by atoms with Crippen LogP contribution in [0.5, 0.6) is 0 Å². The number of nitrogens with one attached hydrogen (secondary N) is 2. The van der Waals surface area contributed by atoms with Crippen LogP contribution in [0.4, 0.5) is 14.6 Å². The van der Waals surface area contributed by atoms with E-state index in [1.165, 1.54) is 6.07 Å². The highest BCUT2D eigenvalue weighted by atomic mass is 19.2. The zero-order chi connectivity index (χ0) is 15.3. The smallest absolute Gasteiger partial charge is 0.226 e. The number of allylic oxidation sites excluding steroid dienone is 4. The third-order valence-electron chi connectivity index (χ3n) is 3.99. The zero-order valence-corrected chi connectivity index (χ0v) is 11.4. The summed E-state index contributed by atoms with van der Waals surface area (Å²) in [6, 6.07) is 3.73. The summed E-state index contributed by atoms with van der Waals surface area (Å²) in [4.78, 5) is 11.9. The van der Waals surface area contributed by atoms with E-state index in [4.69, 9.17) is 0 Å². The number of aromatic amines is 1. The molecule has 110 valence electrons. The topological polar surface area (TPSA) is 57.8 Å². The second-order valence-corrected chi connectivity index (χ2v) is 5.32. The van der Waals surface area contributed by atoms with Gasteiger partial charge in [-0.3, -0.25) is 9.89 Å². The van der Waals surface area contributed by atoms with Crippen LogP contribution in [0.25, 0.3) is 5.57 Å². The molecule has 1 aromatic carbocycles. The molecule has 6 heteroatoms. The van der Waals surface area contributed by atoms with E-state index in [1.54, 1.807) is 0 Å². The molecule has 0 radical (unpaired) electrons. The molecule has 2 aliphatic rings. The van der Waals surface area contributed by atoms with Gasteiger partial charge in [0.15, 0.2) is 17.5 Å². The van der Waals surface area contributed by atoms with Crippen molar-refractivity contribution in [2.24, 2.45) is 0 Å². The molecule has 2 heterocycles. The lowest BCUT2D eigenvalue weighted by Crippen LogP contribution is -2.23. The van der Waals surface area contributed by atoms with Gasteiger partial charge in [-0.15, -0.1) is 0 Å². The minimum atomic E-state index is -0.919.